The molecule has 1 atom stereocenters. The van der Waals surface area contributed by atoms with Gasteiger partial charge in [-0.2, -0.15) is 0 Å². The SMILES string of the molecule is CCOC(=O)Cc1cccc(OC)c1OCc1cc(-c2ccnc(CN[S@+]([O-])C(C)(C)C)c2)c2occc2c1. The molecular formula is C30H34N2O6S. The van der Waals surface area contributed by atoms with E-state index in [9.17, 15) is 9.35 Å². The van der Waals surface area contributed by atoms with Crippen LogP contribution in [0.15, 0.2) is 65.4 Å². The Hall–Kier alpha value is -3.53. The number of nitrogens with one attached hydrogen (secondary N) is 1. The van der Waals surface area contributed by atoms with Crippen molar-refractivity contribution < 1.29 is 28.0 Å². The number of rotatable bonds is 11. The van der Waals surface area contributed by atoms with E-state index in [2.05, 4.69) is 9.71 Å². The molecule has 0 aliphatic rings. The zero-order valence-corrected chi connectivity index (χ0v) is 23.7. The molecule has 206 valence electrons. The topological polar surface area (TPSA) is 106 Å². The van der Waals surface area contributed by atoms with Crippen molar-refractivity contribution in [1.82, 2.24) is 9.71 Å². The molecule has 4 aromatic rings. The zero-order chi connectivity index (χ0) is 28.0. The number of aromatic nitrogens is 1. The Balaban J connectivity index is 1.60. The zero-order valence-electron chi connectivity index (χ0n) is 22.9. The molecule has 0 spiro atoms. The molecule has 4 rings (SSSR count). The summed E-state index contributed by atoms with van der Waals surface area (Å²) in [6, 6.07) is 15.3. The molecule has 9 heteroatoms. The van der Waals surface area contributed by atoms with E-state index in [1.807, 2.05) is 63.2 Å². The first-order valence-electron chi connectivity index (χ1n) is 12.7. The summed E-state index contributed by atoms with van der Waals surface area (Å²) < 4.78 is 37.8. The summed E-state index contributed by atoms with van der Waals surface area (Å²) >= 11 is -1.20. The maximum Gasteiger partial charge on any atom is 0.310 e. The Labute approximate surface area is 232 Å². The van der Waals surface area contributed by atoms with Crippen LogP contribution in [0.2, 0.25) is 0 Å². The highest BCUT2D eigenvalue weighted by atomic mass is 32.2. The number of para-hydroxylation sites is 1. The maximum atomic E-state index is 12.4. The Morgan fingerprint density at radius 1 is 1.15 bits per heavy atom. The van der Waals surface area contributed by atoms with E-state index >= 15 is 0 Å². The van der Waals surface area contributed by atoms with Gasteiger partial charge in [0.05, 0.1) is 38.6 Å². The van der Waals surface area contributed by atoms with Crippen molar-refractivity contribution in [3.63, 3.8) is 0 Å². The number of carbonyl (C=O) groups is 1. The fourth-order valence-electron chi connectivity index (χ4n) is 4.09. The summed E-state index contributed by atoms with van der Waals surface area (Å²) in [5.74, 6) is 0.721. The van der Waals surface area contributed by atoms with Crippen LogP contribution in [0.25, 0.3) is 22.1 Å². The highest BCUT2D eigenvalue weighted by Crippen LogP contribution is 2.35. The number of benzene rings is 2. The van der Waals surface area contributed by atoms with Crippen LogP contribution in [0.5, 0.6) is 11.5 Å². The number of ether oxygens (including phenoxy) is 3. The van der Waals surface area contributed by atoms with Crippen LogP contribution < -0.4 is 14.2 Å². The van der Waals surface area contributed by atoms with Crippen molar-refractivity contribution in [2.75, 3.05) is 13.7 Å². The summed E-state index contributed by atoms with van der Waals surface area (Å²) in [6.07, 6.45) is 3.48. The number of nitrogens with zero attached hydrogens (tertiary/aromatic N) is 1. The van der Waals surface area contributed by atoms with Gasteiger partial charge in [-0.05, 0) is 75.2 Å². The van der Waals surface area contributed by atoms with E-state index in [-0.39, 0.29) is 23.7 Å². The molecule has 8 nitrogen and oxygen atoms in total. The normalized spacial score (nSPS) is 12.4. The number of pyridine rings is 1. The Morgan fingerprint density at radius 2 is 1.97 bits per heavy atom. The lowest BCUT2D eigenvalue weighted by molar-refractivity contribution is -0.142. The highest BCUT2D eigenvalue weighted by Gasteiger charge is 2.26. The predicted octanol–water partition coefficient (Wildman–Crippen LogP) is 5.74. The first-order valence-corrected chi connectivity index (χ1v) is 13.9. The van der Waals surface area contributed by atoms with E-state index in [0.29, 0.717) is 30.2 Å². The average molecular weight is 551 g/mol. The molecule has 0 aliphatic heterocycles. The molecule has 0 saturated heterocycles. The van der Waals surface area contributed by atoms with Gasteiger partial charge in [-0.1, -0.05) is 12.1 Å². The Morgan fingerprint density at radius 3 is 2.72 bits per heavy atom. The second-order valence-corrected chi connectivity index (χ2v) is 12.0. The van der Waals surface area contributed by atoms with E-state index in [1.165, 1.54) is 0 Å². The van der Waals surface area contributed by atoms with Gasteiger partial charge in [0.25, 0.3) is 0 Å². The lowest BCUT2D eigenvalue weighted by atomic mass is 10.0. The number of furan rings is 1. The molecule has 0 radical (unpaired) electrons. The fourth-order valence-corrected chi connectivity index (χ4v) is 4.80. The molecule has 2 heterocycles. The van der Waals surface area contributed by atoms with Crippen LogP contribution >= 0.6 is 0 Å². The van der Waals surface area contributed by atoms with Gasteiger partial charge in [0.2, 0.25) is 0 Å². The summed E-state index contributed by atoms with van der Waals surface area (Å²) in [7, 11) is 1.57. The summed E-state index contributed by atoms with van der Waals surface area (Å²) in [5, 5.41) is 0.934. The van der Waals surface area contributed by atoms with Crippen LogP contribution in [-0.4, -0.2) is 34.0 Å². The summed E-state index contributed by atoms with van der Waals surface area (Å²) in [6.45, 7) is 8.48. The largest absolute Gasteiger partial charge is 0.598 e. The second kappa shape index (κ2) is 12.5. The molecule has 2 aromatic carbocycles. The van der Waals surface area contributed by atoms with Gasteiger partial charge < -0.3 is 23.2 Å². The van der Waals surface area contributed by atoms with Crippen molar-refractivity contribution in [3.8, 4) is 22.6 Å². The van der Waals surface area contributed by atoms with Gasteiger partial charge in [-0.25, -0.2) is 0 Å². The predicted molar refractivity (Wildman–Crippen MR) is 152 cm³/mol. The van der Waals surface area contributed by atoms with Crippen molar-refractivity contribution >= 4 is 28.3 Å². The molecule has 39 heavy (non-hydrogen) atoms. The van der Waals surface area contributed by atoms with Gasteiger partial charge in [-0.15, -0.1) is 4.72 Å². The van der Waals surface area contributed by atoms with Gasteiger partial charge >= 0.3 is 5.97 Å². The number of methoxy groups -OCH3 is 1. The monoisotopic (exact) mass is 550 g/mol. The Kier molecular flexibility index (Phi) is 9.16. The van der Waals surface area contributed by atoms with Crippen LogP contribution in [0.3, 0.4) is 0 Å². The standard InChI is InChI=1S/C30H34N2O6S/c1-6-36-27(33)17-22-8-7-9-26(35-5)29(22)38-19-20-14-23-11-13-37-28(23)25(15-20)21-10-12-31-24(16-21)18-32-39(34)30(2,3)4/h7-16,32H,6,17-19H2,1-5H3/t39-/m1/s1. The molecular weight excluding hydrogens is 516 g/mol. The van der Waals surface area contributed by atoms with E-state index in [0.717, 1.165) is 33.4 Å². The lowest BCUT2D eigenvalue weighted by Crippen LogP contribution is -2.39. The fraction of sp³-hybridized carbons (Fsp3) is 0.333. The minimum atomic E-state index is -1.20. The van der Waals surface area contributed by atoms with Crippen LogP contribution in [0, 0.1) is 0 Å². The minimum Gasteiger partial charge on any atom is -0.598 e. The smallest absolute Gasteiger partial charge is 0.310 e. The molecule has 0 saturated carbocycles. The number of hydrogen-bond acceptors (Lipinski definition) is 8. The van der Waals surface area contributed by atoms with Crippen molar-refractivity contribution in [3.05, 3.63) is 77.8 Å². The third-order valence-electron chi connectivity index (χ3n) is 5.98. The number of esters is 1. The lowest BCUT2D eigenvalue weighted by Gasteiger charge is -2.23. The van der Waals surface area contributed by atoms with E-state index < -0.39 is 11.4 Å². The molecule has 0 unspecified atom stereocenters. The molecule has 0 fully saturated rings. The quantitative estimate of drug-likeness (QED) is 0.186. The first kappa shape index (κ1) is 28.5. The molecule has 2 aromatic heterocycles. The van der Waals surface area contributed by atoms with Crippen LogP contribution in [0.4, 0.5) is 0 Å². The van der Waals surface area contributed by atoms with Crippen LogP contribution in [-0.2, 0) is 40.5 Å². The van der Waals surface area contributed by atoms with E-state index in [4.69, 9.17) is 18.6 Å². The molecule has 1 N–H and O–H groups in total. The van der Waals surface area contributed by atoms with Crippen molar-refractivity contribution in [2.24, 2.45) is 0 Å². The van der Waals surface area contributed by atoms with Gasteiger partial charge in [0.1, 0.15) is 16.9 Å². The Bertz CT molecular complexity index is 1430. The third-order valence-corrected chi connectivity index (χ3v) is 7.50. The number of hydrogen-bond donors (Lipinski definition) is 1. The minimum absolute atomic E-state index is 0.0836. The summed E-state index contributed by atoms with van der Waals surface area (Å²) in [5.41, 5.74) is 4.94. The average Bonchev–Trinajstić information content (AvgIpc) is 3.39. The summed E-state index contributed by atoms with van der Waals surface area (Å²) in [4.78, 5) is 16.6. The van der Waals surface area contributed by atoms with Crippen molar-refractivity contribution in [1.29, 1.82) is 0 Å². The number of carbonyl (C=O) groups excluding carboxylic acids is 1. The number of fused-ring (bicyclic) bond motifs is 1. The van der Waals surface area contributed by atoms with Gasteiger partial charge in [-0.3, -0.25) is 9.78 Å². The molecule has 0 amide bonds. The molecule has 0 aliphatic carbocycles. The van der Waals surface area contributed by atoms with E-state index in [1.54, 1.807) is 32.6 Å². The van der Waals surface area contributed by atoms with Crippen molar-refractivity contribution in [2.45, 2.75) is 52.0 Å². The maximum absolute atomic E-state index is 12.4. The first-order chi connectivity index (χ1) is 18.7. The molecule has 0 bridgehead atoms. The third kappa shape index (κ3) is 7.11. The highest BCUT2D eigenvalue weighted by molar-refractivity contribution is 7.90. The second-order valence-electron chi connectivity index (χ2n) is 9.94. The van der Waals surface area contributed by atoms with Gasteiger partial charge in [0.15, 0.2) is 11.5 Å². The van der Waals surface area contributed by atoms with Crippen LogP contribution in [0.1, 0.15) is 44.5 Å². The van der Waals surface area contributed by atoms with Gasteiger partial charge in [0, 0.05) is 34.1 Å².